The van der Waals surface area contributed by atoms with Gasteiger partial charge in [0.25, 0.3) is 5.91 Å². The molecule has 1 N–H and O–H groups in total. The number of rotatable bonds is 9. The van der Waals surface area contributed by atoms with Gasteiger partial charge in [0.2, 0.25) is 5.91 Å². The summed E-state index contributed by atoms with van der Waals surface area (Å²) in [5.74, 6) is 0.200. The number of halogens is 1. The molecule has 9 heteroatoms. The van der Waals surface area contributed by atoms with Gasteiger partial charge >= 0.3 is 0 Å². The minimum atomic E-state index is -0.104. The summed E-state index contributed by atoms with van der Waals surface area (Å²) in [5, 5.41) is 3.47. The molecule has 0 radical (unpaired) electrons. The fourth-order valence-corrected chi connectivity index (χ4v) is 6.13. The van der Waals surface area contributed by atoms with Gasteiger partial charge in [0.05, 0.1) is 11.3 Å². The van der Waals surface area contributed by atoms with Crippen LogP contribution in [0, 0.1) is 26.7 Å². The Kier molecular flexibility index (Phi) is 10.3. The van der Waals surface area contributed by atoms with Gasteiger partial charge in [-0.2, -0.15) is 0 Å². The number of carbonyl (C=O) groups excluding carboxylic acids is 2. The molecule has 212 valence electrons. The molecule has 2 aromatic heterocycles. The van der Waals surface area contributed by atoms with Gasteiger partial charge in [0.1, 0.15) is 5.15 Å². The number of hydrogen-bond acceptors (Lipinski definition) is 6. The van der Waals surface area contributed by atoms with Crippen molar-refractivity contribution in [2.45, 2.75) is 78.4 Å². The lowest BCUT2D eigenvalue weighted by Gasteiger charge is -2.42. The Balaban J connectivity index is 1.32. The Morgan fingerprint density at radius 2 is 1.87 bits per heavy atom. The molecule has 0 spiro atoms. The second kappa shape index (κ2) is 13.7. The van der Waals surface area contributed by atoms with E-state index >= 15 is 0 Å². The Morgan fingerprint density at radius 3 is 2.54 bits per heavy atom. The van der Waals surface area contributed by atoms with Crippen LogP contribution in [0.2, 0.25) is 5.15 Å². The summed E-state index contributed by atoms with van der Waals surface area (Å²) in [7, 11) is 0. The molecule has 0 aliphatic carbocycles. The number of pyridine rings is 2. The van der Waals surface area contributed by atoms with E-state index in [4.69, 9.17) is 16.3 Å². The molecule has 0 saturated carbocycles. The summed E-state index contributed by atoms with van der Waals surface area (Å²) in [4.78, 5) is 39.6. The Bertz CT molecular complexity index is 1120. The second-order valence-electron chi connectivity index (χ2n) is 11.0. The third-order valence-electron chi connectivity index (χ3n) is 8.35. The topological polar surface area (TPSA) is 87.7 Å². The van der Waals surface area contributed by atoms with Crippen LogP contribution in [0.1, 0.15) is 71.8 Å². The number of piperidine rings is 1. The molecule has 2 aromatic rings. The molecule has 2 aliphatic rings. The van der Waals surface area contributed by atoms with Crippen LogP contribution >= 0.6 is 11.6 Å². The summed E-state index contributed by atoms with van der Waals surface area (Å²) in [6.45, 7) is 12.4. The van der Waals surface area contributed by atoms with E-state index in [-0.39, 0.29) is 23.8 Å². The van der Waals surface area contributed by atoms with Crippen molar-refractivity contribution in [1.29, 1.82) is 0 Å². The van der Waals surface area contributed by atoms with Crippen LogP contribution < -0.4 is 5.32 Å². The largest absolute Gasteiger partial charge is 0.381 e. The van der Waals surface area contributed by atoms with Gasteiger partial charge in [-0.3, -0.25) is 14.6 Å². The maximum atomic E-state index is 13.7. The highest BCUT2D eigenvalue weighted by molar-refractivity contribution is 6.29. The SMILES string of the molecule is Cc1ccncc1CN(C(=O)C1CCOCC1)C1CCN(C(C)CCNC(=O)c2c(C)cc(Cl)nc2C)CC1. The molecule has 2 aliphatic heterocycles. The number of aryl methyl sites for hydroxylation is 3. The third-order valence-corrected chi connectivity index (χ3v) is 8.54. The van der Waals surface area contributed by atoms with Crippen molar-refractivity contribution in [1.82, 2.24) is 25.1 Å². The molecule has 4 rings (SSSR count). The number of nitrogens with zero attached hydrogens (tertiary/aromatic N) is 4. The average Bonchev–Trinajstić information content (AvgIpc) is 2.92. The normalized spacial score (nSPS) is 18.1. The highest BCUT2D eigenvalue weighted by Crippen LogP contribution is 2.27. The van der Waals surface area contributed by atoms with Crippen molar-refractivity contribution in [3.8, 4) is 0 Å². The van der Waals surface area contributed by atoms with E-state index in [1.54, 1.807) is 12.3 Å². The lowest BCUT2D eigenvalue weighted by Crippen LogP contribution is -2.51. The molecular formula is C30H42ClN5O3. The average molecular weight is 556 g/mol. The molecule has 8 nitrogen and oxygen atoms in total. The minimum Gasteiger partial charge on any atom is -0.381 e. The number of likely N-dealkylation sites (tertiary alicyclic amines) is 1. The minimum absolute atomic E-state index is 0.0411. The number of carbonyl (C=O) groups is 2. The lowest BCUT2D eigenvalue weighted by atomic mass is 9.94. The van der Waals surface area contributed by atoms with Crippen LogP contribution in [0.15, 0.2) is 24.5 Å². The van der Waals surface area contributed by atoms with E-state index in [1.807, 2.05) is 26.1 Å². The van der Waals surface area contributed by atoms with Crippen molar-refractivity contribution in [2.75, 3.05) is 32.8 Å². The van der Waals surface area contributed by atoms with Crippen LogP contribution in [0.5, 0.6) is 0 Å². The summed E-state index contributed by atoms with van der Waals surface area (Å²) >= 11 is 6.01. The van der Waals surface area contributed by atoms with Gasteiger partial charge in [-0.1, -0.05) is 11.6 Å². The van der Waals surface area contributed by atoms with E-state index in [0.29, 0.717) is 48.8 Å². The van der Waals surface area contributed by atoms with Crippen LogP contribution in [0.4, 0.5) is 0 Å². The maximum absolute atomic E-state index is 13.7. The van der Waals surface area contributed by atoms with Crippen molar-refractivity contribution in [2.24, 2.45) is 5.92 Å². The molecule has 2 amide bonds. The Morgan fingerprint density at radius 1 is 1.15 bits per heavy atom. The zero-order valence-electron chi connectivity index (χ0n) is 23.7. The number of amides is 2. The summed E-state index contributed by atoms with van der Waals surface area (Å²) in [6, 6.07) is 4.28. The van der Waals surface area contributed by atoms with Crippen LogP contribution in [-0.4, -0.2) is 76.5 Å². The first-order valence-electron chi connectivity index (χ1n) is 14.2. The molecule has 2 saturated heterocycles. The van der Waals surface area contributed by atoms with Crippen molar-refractivity contribution >= 4 is 23.4 Å². The van der Waals surface area contributed by atoms with Gasteiger partial charge < -0.3 is 19.9 Å². The molecular weight excluding hydrogens is 514 g/mol. The van der Waals surface area contributed by atoms with Crippen LogP contribution in [-0.2, 0) is 16.1 Å². The van der Waals surface area contributed by atoms with Gasteiger partial charge in [-0.05, 0) is 88.6 Å². The van der Waals surface area contributed by atoms with Gasteiger partial charge in [-0.25, -0.2) is 4.98 Å². The highest BCUT2D eigenvalue weighted by Gasteiger charge is 2.34. The first-order valence-corrected chi connectivity index (χ1v) is 14.6. The van der Waals surface area contributed by atoms with Crippen molar-refractivity contribution < 1.29 is 14.3 Å². The number of nitrogens with one attached hydrogen (secondary N) is 1. The van der Waals surface area contributed by atoms with E-state index in [9.17, 15) is 9.59 Å². The third kappa shape index (κ3) is 7.56. The first-order chi connectivity index (χ1) is 18.7. The van der Waals surface area contributed by atoms with E-state index in [0.717, 1.165) is 56.3 Å². The van der Waals surface area contributed by atoms with Gasteiger partial charge in [-0.15, -0.1) is 0 Å². The van der Waals surface area contributed by atoms with E-state index in [2.05, 4.69) is 38.9 Å². The van der Waals surface area contributed by atoms with E-state index < -0.39 is 0 Å². The highest BCUT2D eigenvalue weighted by atomic mass is 35.5. The molecule has 1 atom stereocenters. The monoisotopic (exact) mass is 555 g/mol. The Hall–Kier alpha value is -2.55. The summed E-state index contributed by atoms with van der Waals surface area (Å²) in [5.41, 5.74) is 4.37. The fraction of sp³-hybridized carbons (Fsp3) is 0.600. The molecule has 39 heavy (non-hydrogen) atoms. The standard InChI is InChI=1S/C30H42ClN5O3/c1-20-5-11-32-18-25(20)19-36(30(38)24-9-15-39-16-10-24)26-7-13-35(14-8-26)22(3)6-12-33-29(37)28-21(2)17-27(31)34-23(28)4/h5,11,17-18,22,24,26H,6-10,12-16,19H2,1-4H3,(H,33,37). The second-order valence-corrected chi connectivity index (χ2v) is 11.4. The van der Waals surface area contributed by atoms with Crippen molar-refractivity contribution in [3.63, 3.8) is 0 Å². The number of hydrogen-bond donors (Lipinski definition) is 1. The van der Waals surface area contributed by atoms with Crippen LogP contribution in [0.25, 0.3) is 0 Å². The van der Waals surface area contributed by atoms with E-state index in [1.165, 1.54) is 5.56 Å². The zero-order chi connectivity index (χ0) is 27.9. The molecule has 2 fully saturated rings. The quantitative estimate of drug-likeness (QED) is 0.459. The first kappa shape index (κ1) is 29.4. The molecule has 0 bridgehead atoms. The molecule has 4 heterocycles. The van der Waals surface area contributed by atoms with Crippen LogP contribution in [0.3, 0.4) is 0 Å². The molecule has 1 unspecified atom stereocenters. The predicted octanol–water partition coefficient (Wildman–Crippen LogP) is 4.48. The van der Waals surface area contributed by atoms with Gasteiger partial charge in [0, 0.05) is 69.8 Å². The molecule has 0 aromatic carbocycles. The fourth-order valence-electron chi connectivity index (χ4n) is 5.84. The Labute approximate surface area is 237 Å². The number of aromatic nitrogens is 2. The smallest absolute Gasteiger partial charge is 0.253 e. The maximum Gasteiger partial charge on any atom is 0.253 e. The number of ether oxygens (including phenoxy) is 1. The zero-order valence-corrected chi connectivity index (χ0v) is 24.5. The lowest BCUT2D eigenvalue weighted by molar-refractivity contribution is -0.143. The predicted molar refractivity (Wildman–Crippen MR) is 153 cm³/mol. The summed E-state index contributed by atoms with van der Waals surface area (Å²) < 4.78 is 5.52. The van der Waals surface area contributed by atoms with Crippen molar-refractivity contribution in [3.05, 3.63) is 57.6 Å². The summed E-state index contributed by atoms with van der Waals surface area (Å²) in [6.07, 6.45) is 8.05. The van der Waals surface area contributed by atoms with Gasteiger partial charge in [0.15, 0.2) is 0 Å².